The number of aromatic nitrogens is 2. The van der Waals surface area contributed by atoms with Crippen LogP contribution >= 0.6 is 0 Å². The predicted molar refractivity (Wildman–Crippen MR) is 103 cm³/mol. The fourth-order valence-corrected chi connectivity index (χ4v) is 2.94. The number of methoxy groups -OCH3 is 1. The van der Waals surface area contributed by atoms with Gasteiger partial charge < -0.3 is 14.6 Å². The van der Waals surface area contributed by atoms with Gasteiger partial charge in [0.2, 0.25) is 0 Å². The Balaban J connectivity index is 1.98. The highest BCUT2D eigenvalue weighted by Gasteiger charge is 2.23. The molecule has 0 aliphatic heterocycles. The number of nitrogens with one attached hydrogen (secondary N) is 1. The molecule has 0 aliphatic rings. The van der Waals surface area contributed by atoms with Gasteiger partial charge in [0.15, 0.2) is 0 Å². The number of rotatable bonds is 6. The lowest BCUT2D eigenvalue weighted by atomic mass is 10.0. The average molecular weight is 380 g/mol. The summed E-state index contributed by atoms with van der Waals surface area (Å²) in [6.45, 7) is 1.63. The van der Waals surface area contributed by atoms with Crippen LogP contribution in [0.5, 0.6) is 5.75 Å². The van der Waals surface area contributed by atoms with Gasteiger partial charge in [-0.25, -0.2) is 4.98 Å². The van der Waals surface area contributed by atoms with E-state index in [1.54, 1.807) is 38.6 Å². The molecule has 2 aromatic carbocycles. The largest absolute Gasteiger partial charge is 0.497 e. The van der Waals surface area contributed by atoms with Crippen LogP contribution < -0.4 is 10.1 Å². The Morgan fingerprint density at radius 1 is 1.29 bits per heavy atom. The van der Waals surface area contributed by atoms with E-state index < -0.39 is 16.9 Å². The average Bonchev–Trinajstić information content (AvgIpc) is 3.11. The number of hydrogen-bond donors (Lipinski definition) is 1. The van der Waals surface area contributed by atoms with Gasteiger partial charge >= 0.3 is 0 Å². The zero-order chi connectivity index (χ0) is 20.3. The number of carbonyl (C=O) groups excluding carboxylic acids is 1. The molecule has 1 N–H and O–H groups in total. The Bertz CT molecular complexity index is 1030. The monoisotopic (exact) mass is 380 g/mol. The second kappa shape index (κ2) is 7.91. The van der Waals surface area contributed by atoms with E-state index in [-0.39, 0.29) is 11.3 Å². The zero-order valence-corrected chi connectivity index (χ0v) is 15.7. The predicted octanol–water partition coefficient (Wildman–Crippen LogP) is 3.16. The van der Waals surface area contributed by atoms with Crippen LogP contribution in [0.2, 0.25) is 0 Å². The van der Waals surface area contributed by atoms with Crippen LogP contribution in [-0.2, 0) is 7.05 Å². The molecule has 1 amide bonds. The van der Waals surface area contributed by atoms with Gasteiger partial charge in [-0.05, 0) is 30.7 Å². The van der Waals surface area contributed by atoms with E-state index in [2.05, 4.69) is 10.3 Å². The van der Waals surface area contributed by atoms with Crippen molar-refractivity contribution in [2.45, 2.75) is 13.0 Å². The molecule has 1 unspecified atom stereocenters. The molecule has 1 heterocycles. The first-order valence-electron chi connectivity index (χ1n) is 8.57. The van der Waals surface area contributed by atoms with E-state index in [9.17, 15) is 14.9 Å². The van der Waals surface area contributed by atoms with Gasteiger partial charge in [-0.15, -0.1) is 0 Å². The summed E-state index contributed by atoms with van der Waals surface area (Å²) < 4.78 is 7.09. The topological polar surface area (TPSA) is 99.3 Å². The molecule has 0 fully saturated rings. The standard InChI is InChI=1S/C20H20N4O4/c1-13-7-8-15(12-17(13)24(26)27)20(25)22-18(19-21-9-10-23(19)2)14-5-4-6-16(11-14)28-3/h4-12,18H,1-3H3,(H,22,25). The Morgan fingerprint density at radius 2 is 2.07 bits per heavy atom. The van der Waals surface area contributed by atoms with Crippen molar-refractivity contribution in [2.75, 3.05) is 7.11 Å². The van der Waals surface area contributed by atoms with Crippen molar-refractivity contribution in [3.05, 3.63) is 87.5 Å². The molecular weight excluding hydrogens is 360 g/mol. The van der Waals surface area contributed by atoms with Crippen molar-refractivity contribution >= 4 is 11.6 Å². The van der Waals surface area contributed by atoms with Crippen LogP contribution in [0.15, 0.2) is 54.9 Å². The number of imidazole rings is 1. The van der Waals surface area contributed by atoms with Crippen molar-refractivity contribution in [1.29, 1.82) is 0 Å². The molecule has 8 heteroatoms. The normalized spacial score (nSPS) is 11.7. The lowest BCUT2D eigenvalue weighted by Crippen LogP contribution is -2.31. The highest BCUT2D eigenvalue weighted by atomic mass is 16.6. The molecule has 0 saturated heterocycles. The lowest BCUT2D eigenvalue weighted by molar-refractivity contribution is -0.385. The first kappa shape index (κ1) is 19.1. The van der Waals surface area contributed by atoms with Crippen LogP contribution in [-0.4, -0.2) is 27.5 Å². The van der Waals surface area contributed by atoms with E-state index in [1.165, 1.54) is 6.07 Å². The third-order valence-electron chi connectivity index (χ3n) is 4.49. The smallest absolute Gasteiger partial charge is 0.273 e. The third-order valence-corrected chi connectivity index (χ3v) is 4.49. The maximum absolute atomic E-state index is 12.9. The number of aryl methyl sites for hydroxylation is 2. The highest BCUT2D eigenvalue weighted by Crippen LogP contribution is 2.25. The van der Waals surface area contributed by atoms with E-state index in [0.29, 0.717) is 17.1 Å². The van der Waals surface area contributed by atoms with Crippen LogP contribution in [0, 0.1) is 17.0 Å². The minimum absolute atomic E-state index is 0.0948. The van der Waals surface area contributed by atoms with E-state index in [0.717, 1.165) is 5.56 Å². The summed E-state index contributed by atoms with van der Waals surface area (Å²) in [5, 5.41) is 14.1. The van der Waals surface area contributed by atoms with Gasteiger partial charge in [0, 0.05) is 36.6 Å². The molecule has 0 radical (unpaired) electrons. The van der Waals surface area contributed by atoms with Crippen molar-refractivity contribution in [3.8, 4) is 5.75 Å². The first-order valence-corrected chi connectivity index (χ1v) is 8.57. The molecule has 3 rings (SSSR count). The molecule has 0 aliphatic carbocycles. The summed E-state index contributed by atoms with van der Waals surface area (Å²) in [6, 6.07) is 11.2. The van der Waals surface area contributed by atoms with Crippen molar-refractivity contribution < 1.29 is 14.5 Å². The van der Waals surface area contributed by atoms with Gasteiger partial charge in [0.25, 0.3) is 11.6 Å². The maximum atomic E-state index is 12.9. The summed E-state index contributed by atoms with van der Waals surface area (Å²) in [7, 11) is 3.40. The lowest BCUT2D eigenvalue weighted by Gasteiger charge is -2.20. The van der Waals surface area contributed by atoms with E-state index in [4.69, 9.17) is 4.74 Å². The summed E-state index contributed by atoms with van der Waals surface area (Å²) in [4.78, 5) is 27.9. The van der Waals surface area contributed by atoms with Crippen LogP contribution in [0.4, 0.5) is 5.69 Å². The molecule has 1 atom stereocenters. The molecule has 0 bridgehead atoms. The van der Waals surface area contributed by atoms with Crippen LogP contribution in [0.1, 0.15) is 33.4 Å². The number of hydrogen-bond acceptors (Lipinski definition) is 5. The minimum Gasteiger partial charge on any atom is -0.497 e. The Labute approximate surface area is 161 Å². The molecule has 144 valence electrons. The molecule has 8 nitrogen and oxygen atoms in total. The number of nitro benzene ring substituents is 1. The molecular formula is C20H20N4O4. The van der Waals surface area contributed by atoms with E-state index in [1.807, 2.05) is 35.9 Å². The summed E-state index contributed by atoms with van der Waals surface area (Å²) >= 11 is 0. The molecule has 3 aromatic rings. The maximum Gasteiger partial charge on any atom is 0.273 e. The fourth-order valence-electron chi connectivity index (χ4n) is 2.94. The van der Waals surface area contributed by atoms with E-state index >= 15 is 0 Å². The number of nitro groups is 1. The highest BCUT2D eigenvalue weighted by molar-refractivity contribution is 5.95. The molecule has 1 aromatic heterocycles. The SMILES string of the molecule is COc1cccc(C(NC(=O)c2ccc(C)c([N+](=O)[O-])c2)c2nccn2C)c1. The second-order valence-corrected chi connectivity index (χ2v) is 6.34. The molecule has 0 spiro atoms. The Hall–Kier alpha value is -3.68. The van der Waals surface area contributed by atoms with Crippen molar-refractivity contribution in [1.82, 2.24) is 14.9 Å². The molecule has 28 heavy (non-hydrogen) atoms. The Morgan fingerprint density at radius 3 is 2.71 bits per heavy atom. The number of amides is 1. The fraction of sp³-hybridized carbons (Fsp3) is 0.200. The summed E-state index contributed by atoms with van der Waals surface area (Å²) in [5.74, 6) is 0.846. The Kier molecular flexibility index (Phi) is 5.39. The second-order valence-electron chi connectivity index (χ2n) is 6.34. The quantitative estimate of drug-likeness (QED) is 0.523. The van der Waals surface area contributed by atoms with Gasteiger partial charge in [-0.3, -0.25) is 14.9 Å². The number of benzene rings is 2. The zero-order valence-electron chi connectivity index (χ0n) is 15.7. The number of ether oxygens (including phenoxy) is 1. The van der Waals surface area contributed by atoms with Gasteiger partial charge in [0.1, 0.15) is 17.6 Å². The number of carbonyl (C=O) groups is 1. The summed E-state index contributed by atoms with van der Waals surface area (Å²) in [6.07, 6.45) is 3.43. The van der Waals surface area contributed by atoms with Crippen LogP contribution in [0.3, 0.4) is 0 Å². The number of nitrogens with zero attached hydrogens (tertiary/aromatic N) is 3. The van der Waals surface area contributed by atoms with Gasteiger partial charge in [0.05, 0.1) is 12.0 Å². The van der Waals surface area contributed by atoms with Crippen molar-refractivity contribution in [3.63, 3.8) is 0 Å². The van der Waals surface area contributed by atoms with Gasteiger partial charge in [-0.1, -0.05) is 18.2 Å². The molecule has 0 saturated carbocycles. The minimum atomic E-state index is -0.553. The summed E-state index contributed by atoms with van der Waals surface area (Å²) in [5.41, 5.74) is 1.39. The van der Waals surface area contributed by atoms with Crippen molar-refractivity contribution in [2.24, 2.45) is 7.05 Å². The third kappa shape index (κ3) is 3.85. The van der Waals surface area contributed by atoms with Gasteiger partial charge in [-0.2, -0.15) is 0 Å². The first-order chi connectivity index (χ1) is 13.4. The van der Waals surface area contributed by atoms with Crippen LogP contribution in [0.25, 0.3) is 0 Å².